The first-order valence-electron chi connectivity index (χ1n) is 8.98. The zero-order valence-corrected chi connectivity index (χ0v) is 16.7. The fourth-order valence-electron chi connectivity index (χ4n) is 2.92. The molecule has 1 aliphatic rings. The maximum Gasteiger partial charge on any atom is 0.277 e. The molecule has 0 radical (unpaired) electrons. The smallest absolute Gasteiger partial charge is 0.277 e. The monoisotopic (exact) mass is 400 g/mol. The Morgan fingerprint density at radius 3 is 2.85 bits per heavy atom. The van der Waals surface area contributed by atoms with E-state index in [9.17, 15) is 4.79 Å². The second-order valence-corrected chi connectivity index (χ2v) is 8.15. The molecular formula is C19H20N4O2S2. The van der Waals surface area contributed by atoms with Gasteiger partial charge in [-0.15, -0.1) is 21.5 Å². The zero-order chi connectivity index (χ0) is 18.6. The number of likely N-dealkylation sites (tertiary alicyclic amines) is 1. The van der Waals surface area contributed by atoms with Gasteiger partial charge in [-0.3, -0.25) is 4.79 Å². The average molecular weight is 401 g/mol. The highest BCUT2D eigenvalue weighted by Gasteiger charge is 2.22. The van der Waals surface area contributed by atoms with Gasteiger partial charge in [-0.05, 0) is 18.4 Å². The van der Waals surface area contributed by atoms with Crippen LogP contribution in [-0.4, -0.2) is 32.5 Å². The standard InChI is InChI=1S/C19H20N4O2S2/c1-2-13-5-7-14(8-6-13)18-20-15(11-26-18)12-27-19-22-21-16(25-19)10-23-9-3-4-17(23)24/h5-8,11H,2-4,9-10,12H2,1H3. The van der Waals surface area contributed by atoms with E-state index in [2.05, 4.69) is 46.8 Å². The molecule has 3 heterocycles. The molecule has 1 amide bonds. The third-order valence-corrected chi connectivity index (χ3v) is 6.24. The van der Waals surface area contributed by atoms with Crippen LogP contribution in [0, 0.1) is 0 Å². The molecule has 1 fully saturated rings. The average Bonchev–Trinajstić information content (AvgIpc) is 3.43. The Hall–Kier alpha value is -2.19. The van der Waals surface area contributed by atoms with E-state index >= 15 is 0 Å². The van der Waals surface area contributed by atoms with E-state index in [-0.39, 0.29) is 5.91 Å². The van der Waals surface area contributed by atoms with Crippen LogP contribution in [0.1, 0.15) is 36.9 Å². The Balaban J connectivity index is 1.34. The maximum atomic E-state index is 11.7. The number of aromatic nitrogens is 3. The van der Waals surface area contributed by atoms with E-state index in [1.807, 2.05) is 0 Å². The summed E-state index contributed by atoms with van der Waals surface area (Å²) in [7, 11) is 0. The number of amides is 1. The predicted octanol–water partition coefficient (Wildman–Crippen LogP) is 4.17. The molecule has 2 aromatic heterocycles. The van der Waals surface area contributed by atoms with Crippen LogP contribution in [-0.2, 0) is 23.5 Å². The molecule has 0 atom stereocenters. The van der Waals surface area contributed by atoms with Gasteiger partial charge in [0.1, 0.15) is 5.01 Å². The van der Waals surface area contributed by atoms with Gasteiger partial charge in [0.25, 0.3) is 5.22 Å². The van der Waals surface area contributed by atoms with Gasteiger partial charge in [-0.1, -0.05) is 43.0 Å². The van der Waals surface area contributed by atoms with Crippen LogP contribution in [0.25, 0.3) is 10.6 Å². The quantitative estimate of drug-likeness (QED) is 0.554. The Labute approximate surface area is 166 Å². The van der Waals surface area contributed by atoms with Gasteiger partial charge in [-0.25, -0.2) is 4.98 Å². The number of nitrogens with zero attached hydrogens (tertiary/aromatic N) is 4. The number of thiazole rings is 1. The topological polar surface area (TPSA) is 72.1 Å². The number of hydrogen-bond donors (Lipinski definition) is 0. The fraction of sp³-hybridized carbons (Fsp3) is 0.368. The summed E-state index contributed by atoms with van der Waals surface area (Å²) in [5.74, 6) is 1.32. The van der Waals surface area contributed by atoms with Crippen molar-refractivity contribution in [2.24, 2.45) is 0 Å². The number of carbonyl (C=O) groups is 1. The molecule has 0 aliphatic carbocycles. The van der Waals surface area contributed by atoms with E-state index in [4.69, 9.17) is 9.40 Å². The lowest BCUT2D eigenvalue weighted by Gasteiger charge is -2.11. The fourth-order valence-corrected chi connectivity index (χ4v) is 4.52. The molecule has 1 aromatic carbocycles. The molecule has 4 rings (SSSR count). The Bertz CT molecular complexity index is 920. The summed E-state index contributed by atoms with van der Waals surface area (Å²) in [5.41, 5.74) is 3.46. The molecule has 6 nitrogen and oxygen atoms in total. The third-order valence-electron chi connectivity index (χ3n) is 4.45. The largest absolute Gasteiger partial charge is 0.414 e. The summed E-state index contributed by atoms with van der Waals surface area (Å²) < 4.78 is 5.66. The van der Waals surface area contributed by atoms with Crippen LogP contribution in [0.2, 0.25) is 0 Å². The Morgan fingerprint density at radius 1 is 1.26 bits per heavy atom. The van der Waals surface area contributed by atoms with Crippen molar-refractivity contribution in [3.05, 3.63) is 46.8 Å². The molecule has 1 saturated heterocycles. The second-order valence-electron chi connectivity index (χ2n) is 6.36. The summed E-state index contributed by atoms with van der Waals surface area (Å²) in [6.07, 6.45) is 2.56. The number of hydrogen-bond acceptors (Lipinski definition) is 7. The van der Waals surface area contributed by atoms with Crippen molar-refractivity contribution < 1.29 is 9.21 Å². The van der Waals surface area contributed by atoms with Gasteiger partial charge in [0.15, 0.2) is 0 Å². The van der Waals surface area contributed by atoms with Gasteiger partial charge >= 0.3 is 0 Å². The minimum atomic E-state index is 0.157. The lowest BCUT2D eigenvalue weighted by molar-refractivity contribution is -0.128. The highest BCUT2D eigenvalue weighted by Crippen LogP contribution is 2.28. The van der Waals surface area contributed by atoms with Crippen molar-refractivity contribution in [2.45, 2.75) is 43.7 Å². The first kappa shape index (κ1) is 18.2. The van der Waals surface area contributed by atoms with Crippen LogP contribution in [0.5, 0.6) is 0 Å². The summed E-state index contributed by atoms with van der Waals surface area (Å²) >= 11 is 3.11. The highest BCUT2D eigenvalue weighted by molar-refractivity contribution is 7.98. The van der Waals surface area contributed by atoms with Gasteiger partial charge in [0.05, 0.1) is 12.2 Å². The molecule has 0 N–H and O–H groups in total. The first-order chi connectivity index (χ1) is 13.2. The number of thioether (sulfide) groups is 1. The molecule has 8 heteroatoms. The van der Waals surface area contributed by atoms with E-state index in [0.717, 1.165) is 35.7 Å². The second kappa shape index (κ2) is 8.22. The zero-order valence-electron chi connectivity index (χ0n) is 15.1. The Morgan fingerprint density at radius 2 is 2.11 bits per heavy atom. The van der Waals surface area contributed by atoms with Crippen molar-refractivity contribution in [1.29, 1.82) is 0 Å². The van der Waals surface area contributed by atoms with Crippen molar-refractivity contribution in [3.8, 4) is 10.6 Å². The highest BCUT2D eigenvalue weighted by atomic mass is 32.2. The van der Waals surface area contributed by atoms with E-state index < -0.39 is 0 Å². The van der Waals surface area contributed by atoms with Crippen LogP contribution < -0.4 is 0 Å². The maximum absolute atomic E-state index is 11.7. The number of aryl methyl sites for hydroxylation is 1. The number of benzene rings is 1. The molecule has 3 aromatic rings. The van der Waals surface area contributed by atoms with Crippen LogP contribution >= 0.6 is 23.1 Å². The lowest BCUT2D eigenvalue weighted by Crippen LogP contribution is -2.23. The molecule has 0 bridgehead atoms. The first-order valence-corrected chi connectivity index (χ1v) is 10.8. The van der Waals surface area contributed by atoms with Crippen molar-refractivity contribution in [1.82, 2.24) is 20.1 Å². The van der Waals surface area contributed by atoms with Crippen molar-refractivity contribution in [3.63, 3.8) is 0 Å². The molecule has 140 valence electrons. The minimum absolute atomic E-state index is 0.157. The molecule has 0 unspecified atom stereocenters. The lowest BCUT2D eigenvalue weighted by atomic mass is 10.1. The summed E-state index contributed by atoms with van der Waals surface area (Å²) in [4.78, 5) is 18.1. The summed E-state index contributed by atoms with van der Waals surface area (Å²) in [6.45, 7) is 3.32. The third kappa shape index (κ3) is 4.39. The normalized spacial score (nSPS) is 14.3. The van der Waals surface area contributed by atoms with Crippen LogP contribution in [0.15, 0.2) is 39.3 Å². The molecular weight excluding hydrogens is 380 g/mol. The van der Waals surface area contributed by atoms with Crippen LogP contribution in [0.4, 0.5) is 0 Å². The molecule has 0 spiro atoms. The molecule has 27 heavy (non-hydrogen) atoms. The predicted molar refractivity (Wildman–Crippen MR) is 105 cm³/mol. The SMILES string of the molecule is CCc1ccc(-c2nc(CSc3nnc(CN4CCCC4=O)o3)cs2)cc1. The van der Waals surface area contributed by atoms with E-state index in [0.29, 0.717) is 29.8 Å². The molecule has 1 aliphatic heterocycles. The van der Waals surface area contributed by atoms with Gasteiger partial charge < -0.3 is 9.32 Å². The Kier molecular flexibility index (Phi) is 5.54. The van der Waals surface area contributed by atoms with Gasteiger partial charge in [0.2, 0.25) is 11.8 Å². The van der Waals surface area contributed by atoms with Gasteiger partial charge in [0, 0.05) is 29.7 Å². The van der Waals surface area contributed by atoms with Crippen molar-refractivity contribution >= 4 is 29.0 Å². The van der Waals surface area contributed by atoms with Crippen LogP contribution in [0.3, 0.4) is 0 Å². The van der Waals surface area contributed by atoms with E-state index in [1.54, 1.807) is 16.2 Å². The molecule has 0 saturated carbocycles. The number of rotatable bonds is 7. The van der Waals surface area contributed by atoms with E-state index in [1.165, 1.54) is 17.3 Å². The van der Waals surface area contributed by atoms with Crippen molar-refractivity contribution in [2.75, 3.05) is 6.54 Å². The number of carbonyl (C=O) groups excluding carboxylic acids is 1. The summed E-state index contributed by atoms with van der Waals surface area (Å²) in [6, 6.07) is 8.55. The summed E-state index contributed by atoms with van der Waals surface area (Å²) in [5, 5.41) is 11.7. The minimum Gasteiger partial charge on any atom is -0.414 e. The van der Waals surface area contributed by atoms with Gasteiger partial charge in [-0.2, -0.15) is 0 Å².